The number of nitrogens with zero attached hydrogens (tertiary/aromatic N) is 3. The van der Waals surface area contributed by atoms with E-state index in [0.29, 0.717) is 36.8 Å². The van der Waals surface area contributed by atoms with E-state index in [2.05, 4.69) is 11.0 Å². The Balaban J connectivity index is 2.01. The smallest absolute Gasteiger partial charge is 0.410 e. The Morgan fingerprint density at radius 3 is 2.45 bits per heavy atom. The van der Waals surface area contributed by atoms with Crippen molar-refractivity contribution in [2.24, 2.45) is 0 Å². The van der Waals surface area contributed by atoms with Gasteiger partial charge < -0.3 is 14.5 Å². The van der Waals surface area contributed by atoms with Gasteiger partial charge in [-0.15, -0.1) is 0 Å². The SMILES string of the molecule is CC(C)(C)OC(=O)N1CCN(c2ccc(Cl)cc2C#N)CC1. The van der Waals surface area contributed by atoms with Crippen LogP contribution in [0.15, 0.2) is 18.2 Å². The van der Waals surface area contributed by atoms with E-state index in [1.807, 2.05) is 26.8 Å². The molecule has 0 aliphatic carbocycles. The quantitative estimate of drug-likeness (QED) is 0.796. The molecule has 2 rings (SSSR count). The highest BCUT2D eigenvalue weighted by Gasteiger charge is 2.26. The number of amides is 1. The lowest BCUT2D eigenvalue weighted by atomic mass is 10.1. The summed E-state index contributed by atoms with van der Waals surface area (Å²) in [6.07, 6.45) is -0.288. The van der Waals surface area contributed by atoms with Crippen molar-refractivity contribution in [2.45, 2.75) is 26.4 Å². The lowest BCUT2D eigenvalue weighted by Gasteiger charge is -2.37. The second kappa shape index (κ2) is 6.45. The topological polar surface area (TPSA) is 56.6 Å². The third-order valence-electron chi connectivity index (χ3n) is 3.35. The number of piperazine rings is 1. The lowest BCUT2D eigenvalue weighted by molar-refractivity contribution is 0.0240. The number of carbonyl (C=O) groups excluding carboxylic acids is 1. The molecule has 0 spiro atoms. The molecule has 0 aromatic heterocycles. The molecule has 5 nitrogen and oxygen atoms in total. The summed E-state index contributed by atoms with van der Waals surface area (Å²) in [5.41, 5.74) is 0.923. The summed E-state index contributed by atoms with van der Waals surface area (Å²) in [5, 5.41) is 9.77. The van der Waals surface area contributed by atoms with E-state index in [0.717, 1.165) is 5.69 Å². The molecule has 0 N–H and O–H groups in total. The van der Waals surface area contributed by atoms with Crippen LogP contribution in [0.25, 0.3) is 0 Å². The van der Waals surface area contributed by atoms with Crippen molar-refractivity contribution < 1.29 is 9.53 Å². The van der Waals surface area contributed by atoms with Gasteiger partial charge in [0.05, 0.1) is 11.3 Å². The van der Waals surface area contributed by atoms with Gasteiger partial charge in [0.1, 0.15) is 11.7 Å². The summed E-state index contributed by atoms with van der Waals surface area (Å²) >= 11 is 5.92. The Morgan fingerprint density at radius 2 is 1.91 bits per heavy atom. The highest BCUT2D eigenvalue weighted by molar-refractivity contribution is 6.30. The minimum absolute atomic E-state index is 0.288. The number of hydrogen-bond acceptors (Lipinski definition) is 4. The monoisotopic (exact) mass is 321 g/mol. The molecule has 0 radical (unpaired) electrons. The lowest BCUT2D eigenvalue weighted by Crippen LogP contribution is -2.50. The zero-order chi connectivity index (χ0) is 16.3. The molecule has 1 aromatic carbocycles. The van der Waals surface area contributed by atoms with Gasteiger partial charge in [-0.1, -0.05) is 11.6 Å². The summed E-state index contributed by atoms with van der Waals surface area (Å²) in [4.78, 5) is 15.8. The van der Waals surface area contributed by atoms with Crippen molar-refractivity contribution in [3.8, 4) is 6.07 Å². The Kier molecular flexibility index (Phi) is 4.82. The van der Waals surface area contributed by atoms with Gasteiger partial charge >= 0.3 is 6.09 Å². The molecule has 1 aliphatic rings. The first-order valence-electron chi connectivity index (χ1n) is 7.23. The summed E-state index contributed by atoms with van der Waals surface area (Å²) in [6.45, 7) is 8.03. The van der Waals surface area contributed by atoms with E-state index < -0.39 is 5.60 Å². The molecule has 1 fully saturated rings. The molecular weight excluding hydrogens is 302 g/mol. The fourth-order valence-corrected chi connectivity index (χ4v) is 2.50. The number of nitriles is 1. The predicted molar refractivity (Wildman–Crippen MR) is 86.2 cm³/mol. The number of carbonyl (C=O) groups is 1. The second-order valence-electron chi connectivity index (χ2n) is 6.23. The molecule has 0 bridgehead atoms. The first-order chi connectivity index (χ1) is 10.3. The van der Waals surface area contributed by atoms with Crippen LogP contribution in [0.1, 0.15) is 26.3 Å². The highest BCUT2D eigenvalue weighted by atomic mass is 35.5. The summed E-state index contributed by atoms with van der Waals surface area (Å²) in [7, 11) is 0. The average molecular weight is 322 g/mol. The largest absolute Gasteiger partial charge is 0.444 e. The van der Waals surface area contributed by atoms with Gasteiger partial charge in [-0.3, -0.25) is 0 Å². The Hall–Kier alpha value is -1.93. The second-order valence-corrected chi connectivity index (χ2v) is 6.66. The molecule has 118 valence electrons. The standard InChI is InChI=1S/C16H20ClN3O2/c1-16(2,3)22-15(21)20-8-6-19(7-9-20)14-5-4-13(17)10-12(14)11-18/h4-5,10H,6-9H2,1-3H3. The average Bonchev–Trinajstić information content (AvgIpc) is 2.45. The number of hydrogen-bond donors (Lipinski definition) is 0. The Labute approximate surface area is 136 Å². The molecule has 1 heterocycles. The normalized spacial score (nSPS) is 15.4. The van der Waals surface area contributed by atoms with Gasteiger partial charge in [-0.2, -0.15) is 5.26 Å². The Morgan fingerprint density at radius 1 is 1.27 bits per heavy atom. The number of benzene rings is 1. The number of ether oxygens (including phenoxy) is 1. The zero-order valence-electron chi connectivity index (χ0n) is 13.1. The Bertz CT molecular complexity index is 596. The fourth-order valence-electron chi connectivity index (χ4n) is 2.33. The molecule has 1 amide bonds. The van der Waals surface area contributed by atoms with E-state index in [-0.39, 0.29) is 6.09 Å². The van der Waals surface area contributed by atoms with Crippen molar-refractivity contribution in [2.75, 3.05) is 31.1 Å². The molecule has 1 aromatic rings. The van der Waals surface area contributed by atoms with E-state index in [4.69, 9.17) is 16.3 Å². The maximum atomic E-state index is 12.0. The number of rotatable bonds is 1. The molecular formula is C16H20ClN3O2. The maximum Gasteiger partial charge on any atom is 0.410 e. The van der Waals surface area contributed by atoms with Crippen LogP contribution in [0.5, 0.6) is 0 Å². The summed E-state index contributed by atoms with van der Waals surface area (Å²) in [5.74, 6) is 0. The van der Waals surface area contributed by atoms with Crippen LogP contribution in [0.3, 0.4) is 0 Å². The van der Waals surface area contributed by atoms with Crippen LogP contribution in [0.2, 0.25) is 5.02 Å². The molecule has 0 unspecified atom stereocenters. The first kappa shape index (κ1) is 16.4. The van der Waals surface area contributed by atoms with Gasteiger partial charge in [0.2, 0.25) is 0 Å². The van der Waals surface area contributed by atoms with Crippen molar-refractivity contribution in [1.82, 2.24) is 4.90 Å². The van der Waals surface area contributed by atoms with Gasteiger partial charge in [0, 0.05) is 31.2 Å². The molecule has 22 heavy (non-hydrogen) atoms. The minimum atomic E-state index is -0.488. The summed E-state index contributed by atoms with van der Waals surface area (Å²) < 4.78 is 5.38. The van der Waals surface area contributed by atoms with Gasteiger partial charge in [-0.25, -0.2) is 4.79 Å². The third kappa shape index (κ3) is 4.05. The van der Waals surface area contributed by atoms with Crippen molar-refractivity contribution in [3.63, 3.8) is 0 Å². The van der Waals surface area contributed by atoms with Gasteiger partial charge in [0.15, 0.2) is 0 Å². The summed E-state index contributed by atoms with van der Waals surface area (Å²) in [6, 6.07) is 7.46. The van der Waals surface area contributed by atoms with E-state index in [1.165, 1.54) is 0 Å². The molecule has 1 saturated heterocycles. The van der Waals surface area contributed by atoms with Crippen molar-refractivity contribution in [3.05, 3.63) is 28.8 Å². The van der Waals surface area contributed by atoms with Gasteiger partial charge in [-0.05, 0) is 39.0 Å². The van der Waals surface area contributed by atoms with Gasteiger partial charge in [0.25, 0.3) is 0 Å². The van der Waals surface area contributed by atoms with Crippen LogP contribution in [-0.2, 0) is 4.74 Å². The molecule has 0 saturated carbocycles. The molecule has 1 aliphatic heterocycles. The maximum absolute atomic E-state index is 12.0. The number of halogens is 1. The van der Waals surface area contributed by atoms with Crippen LogP contribution >= 0.6 is 11.6 Å². The van der Waals surface area contributed by atoms with E-state index in [9.17, 15) is 10.1 Å². The number of anilines is 1. The van der Waals surface area contributed by atoms with E-state index in [1.54, 1.807) is 17.0 Å². The van der Waals surface area contributed by atoms with E-state index >= 15 is 0 Å². The van der Waals surface area contributed by atoms with Crippen molar-refractivity contribution in [1.29, 1.82) is 5.26 Å². The van der Waals surface area contributed by atoms with Crippen LogP contribution in [-0.4, -0.2) is 42.8 Å². The first-order valence-corrected chi connectivity index (χ1v) is 7.60. The van der Waals surface area contributed by atoms with Crippen LogP contribution < -0.4 is 4.90 Å². The molecule has 0 atom stereocenters. The fraction of sp³-hybridized carbons (Fsp3) is 0.500. The van der Waals surface area contributed by atoms with Crippen LogP contribution in [0, 0.1) is 11.3 Å². The highest BCUT2D eigenvalue weighted by Crippen LogP contribution is 2.25. The van der Waals surface area contributed by atoms with Crippen LogP contribution in [0.4, 0.5) is 10.5 Å². The third-order valence-corrected chi connectivity index (χ3v) is 3.59. The van der Waals surface area contributed by atoms with Crippen molar-refractivity contribution >= 4 is 23.4 Å². The minimum Gasteiger partial charge on any atom is -0.444 e. The molecule has 6 heteroatoms. The zero-order valence-corrected chi connectivity index (χ0v) is 13.9. The predicted octanol–water partition coefficient (Wildman–Crippen LogP) is 3.27.